The van der Waals surface area contributed by atoms with E-state index in [1.807, 2.05) is 0 Å². The fourth-order valence-electron chi connectivity index (χ4n) is 2.30. The van der Waals surface area contributed by atoms with Crippen LogP contribution < -0.4 is 11.1 Å². The van der Waals surface area contributed by atoms with Gasteiger partial charge in [-0.1, -0.05) is 43.7 Å². The summed E-state index contributed by atoms with van der Waals surface area (Å²) in [6.07, 6.45) is 1.03. The Hall–Kier alpha value is -1.54. The zero-order valence-corrected chi connectivity index (χ0v) is 12.2. The van der Waals surface area contributed by atoms with E-state index in [0.29, 0.717) is 0 Å². The van der Waals surface area contributed by atoms with Crippen LogP contribution >= 0.6 is 0 Å². The van der Waals surface area contributed by atoms with E-state index in [9.17, 15) is 0 Å². The molecule has 2 nitrogen and oxygen atoms in total. The van der Waals surface area contributed by atoms with E-state index in [4.69, 9.17) is 5.73 Å². The SMILES string of the molecule is Cc1ccc2cc(NCC(C)(C)CCN)ccc2c1. The summed E-state index contributed by atoms with van der Waals surface area (Å²) in [6.45, 7) is 8.31. The molecule has 0 heterocycles. The zero-order valence-electron chi connectivity index (χ0n) is 12.2. The molecule has 0 amide bonds. The number of anilines is 1. The number of hydrogen-bond donors (Lipinski definition) is 2. The minimum absolute atomic E-state index is 0.233. The number of hydrogen-bond acceptors (Lipinski definition) is 2. The van der Waals surface area contributed by atoms with Crippen molar-refractivity contribution >= 4 is 16.5 Å². The van der Waals surface area contributed by atoms with Crippen molar-refractivity contribution < 1.29 is 0 Å². The normalized spacial score (nSPS) is 11.8. The standard InChI is InChI=1S/C17H24N2/c1-13-4-5-15-11-16(7-6-14(15)10-13)19-12-17(2,3)8-9-18/h4-7,10-11,19H,8-9,12,18H2,1-3H3. The monoisotopic (exact) mass is 256 g/mol. The molecule has 0 aromatic heterocycles. The van der Waals surface area contributed by atoms with Crippen molar-refractivity contribution in [1.82, 2.24) is 0 Å². The molecule has 2 aromatic carbocycles. The molecule has 0 spiro atoms. The van der Waals surface area contributed by atoms with E-state index >= 15 is 0 Å². The molecule has 0 radical (unpaired) electrons. The van der Waals surface area contributed by atoms with Gasteiger partial charge in [-0.05, 0) is 48.2 Å². The van der Waals surface area contributed by atoms with Crippen LogP contribution in [-0.2, 0) is 0 Å². The highest BCUT2D eigenvalue weighted by atomic mass is 14.9. The van der Waals surface area contributed by atoms with Crippen molar-refractivity contribution in [2.45, 2.75) is 27.2 Å². The molecule has 19 heavy (non-hydrogen) atoms. The van der Waals surface area contributed by atoms with E-state index in [1.54, 1.807) is 0 Å². The molecule has 0 atom stereocenters. The number of nitrogens with one attached hydrogen (secondary N) is 1. The van der Waals surface area contributed by atoms with Crippen molar-refractivity contribution in [3.63, 3.8) is 0 Å². The highest BCUT2D eigenvalue weighted by Gasteiger charge is 2.16. The van der Waals surface area contributed by atoms with Gasteiger partial charge in [-0.2, -0.15) is 0 Å². The first-order valence-corrected chi connectivity index (χ1v) is 6.94. The average Bonchev–Trinajstić information content (AvgIpc) is 2.36. The Kier molecular flexibility index (Phi) is 4.11. The van der Waals surface area contributed by atoms with Gasteiger partial charge < -0.3 is 11.1 Å². The molecule has 2 heteroatoms. The van der Waals surface area contributed by atoms with Gasteiger partial charge in [-0.15, -0.1) is 0 Å². The van der Waals surface area contributed by atoms with Crippen molar-refractivity contribution in [2.24, 2.45) is 11.1 Å². The van der Waals surface area contributed by atoms with Crippen LogP contribution in [-0.4, -0.2) is 13.1 Å². The highest BCUT2D eigenvalue weighted by molar-refractivity contribution is 5.86. The summed E-state index contributed by atoms with van der Waals surface area (Å²) < 4.78 is 0. The van der Waals surface area contributed by atoms with Gasteiger partial charge in [0.15, 0.2) is 0 Å². The van der Waals surface area contributed by atoms with Crippen LogP contribution in [0.3, 0.4) is 0 Å². The minimum atomic E-state index is 0.233. The van der Waals surface area contributed by atoms with Crippen LogP contribution in [0, 0.1) is 12.3 Å². The van der Waals surface area contributed by atoms with Crippen molar-refractivity contribution in [2.75, 3.05) is 18.4 Å². The summed E-state index contributed by atoms with van der Waals surface area (Å²) in [7, 11) is 0. The van der Waals surface area contributed by atoms with E-state index in [1.165, 1.54) is 22.0 Å². The van der Waals surface area contributed by atoms with Gasteiger partial charge in [-0.3, -0.25) is 0 Å². The maximum Gasteiger partial charge on any atom is 0.0346 e. The lowest BCUT2D eigenvalue weighted by molar-refractivity contribution is 0.365. The van der Waals surface area contributed by atoms with Crippen molar-refractivity contribution in [3.05, 3.63) is 42.0 Å². The van der Waals surface area contributed by atoms with Gasteiger partial charge >= 0.3 is 0 Å². The lowest BCUT2D eigenvalue weighted by Crippen LogP contribution is -2.26. The molecule has 2 aromatic rings. The molecule has 0 fully saturated rings. The highest BCUT2D eigenvalue weighted by Crippen LogP contribution is 2.23. The Morgan fingerprint density at radius 3 is 2.47 bits per heavy atom. The first-order valence-electron chi connectivity index (χ1n) is 6.94. The van der Waals surface area contributed by atoms with E-state index < -0.39 is 0 Å². The first-order chi connectivity index (χ1) is 9.00. The second-order valence-electron chi connectivity index (χ2n) is 6.12. The second kappa shape index (κ2) is 5.62. The molecule has 2 rings (SSSR count). The molecular formula is C17H24N2. The van der Waals surface area contributed by atoms with Gasteiger partial charge in [0.1, 0.15) is 0 Å². The molecule has 0 aliphatic carbocycles. The van der Waals surface area contributed by atoms with E-state index in [2.05, 4.69) is 62.5 Å². The second-order valence-corrected chi connectivity index (χ2v) is 6.12. The number of fused-ring (bicyclic) bond motifs is 1. The Morgan fingerprint density at radius 2 is 1.74 bits per heavy atom. The van der Waals surface area contributed by atoms with Crippen LogP contribution in [0.1, 0.15) is 25.8 Å². The molecule has 0 bridgehead atoms. The van der Waals surface area contributed by atoms with Gasteiger partial charge in [0.2, 0.25) is 0 Å². The summed E-state index contributed by atoms with van der Waals surface area (Å²) in [6, 6.07) is 13.1. The average molecular weight is 256 g/mol. The molecule has 102 valence electrons. The van der Waals surface area contributed by atoms with Crippen LogP contribution in [0.25, 0.3) is 10.8 Å². The van der Waals surface area contributed by atoms with Gasteiger partial charge in [0, 0.05) is 12.2 Å². The van der Waals surface area contributed by atoms with E-state index in [-0.39, 0.29) is 5.41 Å². The Labute approximate surface area is 116 Å². The maximum atomic E-state index is 5.64. The molecule has 0 aliphatic rings. The first kappa shape index (κ1) is 13.9. The Morgan fingerprint density at radius 1 is 1.05 bits per heavy atom. The quantitative estimate of drug-likeness (QED) is 0.850. The van der Waals surface area contributed by atoms with Crippen LogP contribution in [0.2, 0.25) is 0 Å². The fourth-order valence-corrected chi connectivity index (χ4v) is 2.30. The van der Waals surface area contributed by atoms with Crippen molar-refractivity contribution in [3.8, 4) is 0 Å². The van der Waals surface area contributed by atoms with E-state index in [0.717, 1.165) is 19.5 Å². The summed E-state index contributed by atoms with van der Waals surface area (Å²) >= 11 is 0. The molecular weight excluding hydrogens is 232 g/mol. The zero-order chi connectivity index (χ0) is 13.9. The maximum absolute atomic E-state index is 5.64. The molecule has 0 saturated carbocycles. The molecule has 3 N–H and O–H groups in total. The smallest absolute Gasteiger partial charge is 0.0346 e. The number of aryl methyl sites for hydroxylation is 1. The van der Waals surface area contributed by atoms with Gasteiger partial charge in [0.25, 0.3) is 0 Å². The third-order valence-corrected chi connectivity index (χ3v) is 3.59. The molecule has 0 unspecified atom stereocenters. The lowest BCUT2D eigenvalue weighted by atomic mass is 9.89. The number of rotatable bonds is 5. The van der Waals surface area contributed by atoms with Crippen LogP contribution in [0.5, 0.6) is 0 Å². The van der Waals surface area contributed by atoms with Gasteiger partial charge in [0.05, 0.1) is 0 Å². The van der Waals surface area contributed by atoms with Crippen LogP contribution in [0.15, 0.2) is 36.4 Å². The number of benzene rings is 2. The molecule has 0 aliphatic heterocycles. The van der Waals surface area contributed by atoms with Crippen LogP contribution in [0.4, 0.5) is 5.69 Å². The van der Waals surface area contributed by atoms with Gasteiger partial charge in [-0.25, -0.2) is 0 Å². The third-order valence-electron chi connectivity index (χ3n) is 3.59. The lowest BCUT2D eigenvalue weighted by Gasteiger charge is -2.24. The Bertz CT molecular complexity index is 558. The summed E-state index contributed by atoms with van der Waals surface area (Å²) in [5.74, 6) is 0. The van der Waals surface area contributed by atoms with Crippen molar-refractivity contribution in [1.29, 1.82) is 0 Å². The Balaban J connectivity index is 2.11. The molecule has 0 saturated heterocycles. The number of nitrogens with two attached hydrogens (primary N) is 1. The topological polar surface area (TPSA) is 38.0 Å². The largest absolute Gasteiger partial charge is 0.384 e. The predicted octanol–water partition coefficient (Wildman–Crippen LogP) is 3.94. The summed E-state index contributed by atoms with van der Waals surface area (Å²) in [4.78, 5) is 0. The predicted molar refractivity (Wildman–Crippen MR) is 84.6 cm³/mol. The third kappa shape index (κ3) is 3.71. The summed E-state index contributed by atoms with van der Waals surface area (Å²) in [5, 5.41) is 6.10. The minimum Gasteiger partial charge on any atom is -0.384 e. The summed E-state index contributed by atoms with van der Waals surface area (Å²) in [5.41, 5.74) is 8.36. The fraction of sp³-hybridized carbons (Fsp3) is 0.412.